The van der Waals surface area contributed by atoms with Gasteiger partial charge < -0.3 is 34.8 Å². The number of fused-ring (bicyclic) bond motifs is 7. The summed E-state index contributed by atoms with van der Waals surface area (Å²) in [6.45, 7) is 19.1. The third-order valence-electron chi connectivity index (χ3n) is 11.2. The van der Waals surface area contributed by atoms with Crippen LogP contribution in [0.4, 0.5) is 0 Å². The van der Waals surface area contributed by atoms with E-state index in [1.807, 2.05) is 19.1 Å². The zero-order chi connectivity index (χ0) is 36.7. The van der Waals surface area contributed by atoms with Crippen molar-refractivity contribution in [2.24, 2.45) is 17.8 Å². The van der Waals surface area contributed by atoms with Gasteiger partial charge in [-0.2, -0.15) is 0 Å². The average molecular weight is 693 g/mol. The predicted octanol–water partition coefficient (Wildman–Crippen LogP) is 6.23. The molecular weight excluding hydrogens is 640 g/mol. The summed E-state index contributed by atoms with van der Waals surface area (Å²) in [6, 6.07) is 0. The Kier molecular flexibility index (Phi) is 10.3. The normalized spacial score (nSPS) is 23.9. The van der Waals surface area contributed by atoms with Gasteiger partial charge in [0.2, 0.25) is 0 Å². The fourth-order valence-corrected chi connectivity index (χ4v) is 8.20. The van der Waals surface area contributed by atoms with Gasteiger partial charge in [-0.15, -0.1) is 0 Å². The van der Waals surface area contributed by atoms with Crippen molar-refractivity contribution in [2.75, 3.05) is 13.7 Å². The Morgan fingerprint density at radius 3 is 2.43 bits per heavy atom. The summed E-state index contributed by atoms with van der Waals surface area (Å²) in [5.41, 5.74) is 12.7. The van der Waals surface area contributed by atoms with Gasteiger partial charge in [0.1, 0.15) is 5.92 Å². The standard InChI is InChI=1S/C42H52N4O5/c1-10-13-21(4)16-17-51-35(47)15-14-28-24(7)31-18-29-22(5)26(11-2)33(43-29)19-30-23(6)27(12-3)34(44-30)20-32-25(8)36-40(46-32)37(39(28)45-31)38(41(36)48)42(49)50-9/h11,16,18-20,24,28,35,38,43-47H,2,10,12-15,17H2,1,3-9H3/b21-16+,30-19-,31-18-,34-20-,39-37-/t24-,28-,35?,38+/m0/s1. The maximum absolute atomic E-state index is 14.3. The lowest BCUT2D eigenvalue weighted by Crippen LogP contribution is -2.25. The molecule has 1 unspecified atom stereocenters. The van der Waals surface area contributed by atoms with E-state index in [2.05, 4.69) is 86.6 Å². The van der Waals surface area contributed by atoms with Crippen molar-refractivity contribution in [2.45, 2.75) is 86.9 Å². The number of aromatic nitrogens is 3. The fourth-order valence-electron chi connectivity index (χ4n) is 8.20. The molecule has 51 heavy (non-hydrogen) atoms. The zero-order valence-electron chi connectivity index (χ0n) is 31.2. The average Bonchev–Trinajstić information content (AvgIpc) is 3.84. The van der Waals surface area contributed by atoms with E-state index >= 15 is 0 Å². The Morgan fingerprint density at radius 1 is 1.02 bits per heavy atom. The van der Waals surface area contributed by atoms with Crippen molar-refractivity contribution >= 4 is 41.6 Å². The Bertz CT molecular complexity index is 2120. The minimum atomic E-state index is -1.11. The van der Waals surface area contributed by atoms with Crippen molar-refractivity contribution in [1.29, 1.82) is 0 Å². The molecule has 3 aromatic heterocycles. The molecule has 0 amide bonds. The first-order chi connectivity index (χ1) is 24.4. The van der Waals surface area contributed by atoms with Crippen LogP contribution in [-0.2, 0) is 20.7 Å². The van der Waals surface area contributed by atoms with Crippen LogP contribution in [0.15, 0.2) is 29.6 Å². The van der Waals surface area contributed by atoms with E-state index in [4.69, 9.17) is 9.47 Å². The number of Topliss-reactive ketones (excluding diaryl/α,β-unsaturated/α-hetero) is 1. The largest absolute Gasteiger partial charge is 0.468 e. The minimum Gasteiger partial charge on any atom is -0.468 e. The number of aliphatic hydroxyl groups is 1. The number of allylic oxidation sites excluding steroid dienone is 3. The molecule has 0 aromatic carbocycles. The summed E-state index contributed by atoms with van der Waals surface area (Å²) in [5.74, 6) is -2.17. The van der Waals surface area contributed by atoms with E-state index in [9.17, 15) is 14.7 Å². The summed E-state index contributed by atoms with van der Waals surface area (Å²) < 4.78 is 11.1. The quantitative estimate of drug-likeness (QED) is 0.0701. The highest BCUT2D eigenvalue weighted by atomic mass is 16.6. The smallest absolute Gasteiger partial charge is 0.321 e. The molecule has 270 valence electrons. The molecule has 9 heteroatoms. The molecule has 0 spiro atoms. The van der Waals surface area contributed by atoms with Crippen LogP contribution in [0.2, 0.25) is 0 Å². The Hall–Kier alpha value is -4.60. The lowest BCUT2D eigenvalue weighted by atomic mass is 9.85. The van der Waals surface area contributed by atoms with Crippen molar-refractivity contribution in [3.05, 3.63) is 96.5 Å². The van der Waals surface area contributed by atoms with Gasteiger partial charge in [-0.25, -0.2) is 0 Å². The SMILES string of the molecule is C=Cc1c2[nH]c(c1C)/C=C1\N/C(=C3\c4[nH]c(c(C)c4C(=O)[C@@H]3C(=O)OC)/C=c3\[nH]/c(c(C)c3CC)=C\2)[C@@H](CCC(O)OC/C=C(\C)CCC)[C@@H]1C. The number of ketones is 1. The molecule has 3 aliphatic rings. The van der Waals surface area contributed by atoms with Crippen LogP contribution in [0.1, 0.15) is 114 Å². The number of aromatic amines is 3. The molecule has 0 radical (unpaired) electrons. The number of H-pyrrole nitrogens is 3. The molecule has 9 nitrogen and oxygen atoms in total. The highest BCUT2D eigenvalue weighted by Gasteiger charge is 2.48. The third-order valence-corrected chi connectivity index (χ3v) is 11.2. The summed E-state index contributed by atoms with van der Waals surface area (Å²) in [7, 11) is 1.32. The summed E-state index contributed by atoms with van der Waals surface area (Å²) in [4.78, 5) is 38.6. The number of ether oxygens (including phenoxy) is 2. The monoisotopic (exact) mass is 692 g/mol. The maximum atomic E-state index is 14.3. The van der Waals surface area contributed by atoms with Crippen LogP contribution < -0.4 is 16.0 Å². The fraction of sp³-hybridized carbons (Fsp3) is 0.429. The summed E-state index contributed by atoms with van der Waals surface area (Å²) in [5, 5.41) is 16.6. The zero-order valence-corrected chi connectivity index (χ0v) is 31.2. The Balaban J connectivity index is 1.56. The van der Waals surface area contributed by atoms with Crippen LogP contribution in [0, 0.1) is 38.5 Å². The van der Waals surface area contributed by atoms with Crippen molar-refractivity contribution in [3.63, 3.8) is 0 Å². The number of carbonyl (C=O) groups excluding carboxylic acids is 2. The van der Waals surface area contributed by atoms with E-state index in [0.29, 0.717) is 36.3 Å². The van der Waals surface area contributed by atoms with Gasteiger partial charge in [-0.3, -0.25) is 9.59 Å². The number of nitrogens with one attached hydrogen (secondary N) is 4. The lowest BCUT2D eigenvalue weighted by molar-refractivity contribution is -0.141. The van der Waals surface area contributed by atoms with E-state index in [0.717, 1.165) is 80.7 Å². The number of hydrogen-bond donors (Lipinski definition) is 5. The topological polar surface area (TPSA) is 132 Å². The molecule has 0 saturated carbocycles. The van der Waals surface area contributed by atoms with Gasteiger partial charge in [-0.1, -0.05) is 51.5 Å². The molecule has 8 bridgehead atoms. The van der Waals surface area contributed by atoms with E-state index in [-0.39, 0.29) is 17.6 Å². The number of rotatable bonds is 11. The van der Waals surface area contributed by atoms with Gasteiger partial charge in [0.15, 0.2) is 12.1 Å². The Labute approximate surface area is 300 Å². The van der Waals surface area contributed by atoms with Gasteiger partial charge in [0.05, 0.1) is 19.4 Å². The van der Waals surface area contributed by atoms with E-state index in [1.54, 1.807) is 0 Å². The van der Waals surface area contributed by atoms with Gasteiger partial charge in [-0.05, 0) is 93.9 Å². The first-order valence-electron chi connectivity index (χ1n) is 18.2. The first-order valence-corrected chi connectivity index (χ1v) is 18.2. The van der Waals surface area contributed by atoms with Crippen molar-refractivity contribution in [3.8, 4) is 0 Å². The molecule has 1 fully saturated rings. The van der Waals surface area contributed by atoms with Crippen LogP contribution in [0.3, 0.4) is 0 Å². The number of carbonyl (C=O) groups is 2. The van der Waals surface area contributed by atoms with Gasteiger partial charge in [0.25, 0.3) is 0 Å². The van der Waals surface area contributed by atoms with E-state index < -0.39 is 18.2 Å². The first kappa shape index (κ1) is 36.2. The van der Waals surface area contributed by atoms with Gasteiger partial charge in [0, 0.05) is 67.7 Å². The van der Waals surface area contributed by atoms with Crippen molar-refractivity contribution < 1.29 is 24.2 Å². The van der Waals surface area contributed by atoms with Crippen LogP contribution in [0.5, 0.6) is 0 Å². The second kappa shape index (κ2) is 14.6. The molecule has 5 heterocycles. The molecule has 5 N–H and O–H groups in total. The number of hydrogen-bond acceptors (Lipinski definition) is 6. The number of esters is 1. The summed E-state index contributed by atoms with van der Waals surface area (Å²) in [6.07, 6.45) is 13.1. The Morgan fingerprint density at radius 2 is 1.75 bits per heavy atom. The third kappa shape index (κ3) is 6.42. The van der Waals surface area contributed by atoms with Gasteiger partial charge >= 0.3 is 5.97 Å². The second-order valence-electron chi connectivity index (χ2n) is 14.2. The molecule has 6 rings (SSSR count). The van der Waals surface area contributed by atoms with Crippen LogP contribution >= 0.6 is 0 Å². The minimum absolute atomic E-state index is 0.0381. The van der Waals surface area contributed by atoms with E-state index in [1.165, 1.54) is 18.2 Å². The molecule has 4 atom stereocenters. The second-order valence-corrected chi connectivity index (χ2v) is 14.2. The molecule has 1 saturated heterocycles. The van der Waals surface area contributed by atoms with Crippen LogP contribution in [0.25, 0.3) is 29.9 Å². The highest BCUT2D eigenvalue weighted by molar-refractivity contribution is 6.24. The van der Waals surface area contributed by atoms with Crippen molar-refractivity contribution in [1.82, 2.24) is 20.3 Å². The lowest BCUT2D eigenvalue weighted by Gasteiger charge is -2.21. The highest BCUT2D eigenvalue weighted by Crippen LogP contribution is 2.48. The van der Waals surface area contributed by atoms with Crippen LogP contribution in [-0.4, -0.2) is 51.8 Å². The maximum Gasteiger partial charge on any atom is 0.321 e. The molecule has 3 aromatic rings. The molecular formula is C42H52N4O5. The predicted molar refractivity (Wildman–Crippen MR) is 203 cm³/mol. The number of methoxy groups -OCH3 is 1. The molecule has 1 aliphatic carbocycles. The molecule has 2 aliphatic heterocycles. The number of aliphatic hydroxyl groups excluding tert-OH is 1. The summed E-state index contributed by atoms with van der Waals surface area (Å²) >= 11 is 0.